The molecular weight excluding hydrogens is 252 g/mol. The van der Waals surface area contributed by atoms with Gasteiger partial charge >= 0.3 is 17.9 Å². The van der Waals surface area contributed by atoms with Crippen LogP contribution in [0.4, 0.5) is 0 Å². The second-order valence-electron chi connectivity index (χ2n) is 3.88. The fraction of sp³-hybridized carbons (Fsp3) is 0.308. The number of rotatable bonds is 5. The zero-order valence-electron chi connectivity index (χ0n) is 10.6. The molecule has 0 aliphatic rings. The van der Waals surface area contributed by atoms with Crippen LogP contribution in [-0.4, -0.2) is 36.2 Å². The number of ether oxygens (including phenoxy) is 2. The molecule has 6 heteroatoms. The number of carboxylic acid groups (broad SMARTS) is 1. The summed E-state index contributed by atoms with van der Waals surface area (Å²) in [6.45, 7) is 1.85. The van der Waals surface area contributed by atoms with Gasteiger partial charge in [-0.25, -0.2) is 9.59 Å². The van der Waals surface area contributed by atoms with Gasteiger partial charge in [0.15, 0.2) is 0 Å². The fourth-order valence-corrected chi connectivity index (χ4v) is 1.30. The van der Waals surface area contributed by atoms with Crippen molar-refractivity contribution in [1.82, 2.24) is 0 Å². The van der Waals surface area contributed by atoms with E-state index in [1.807, 2.05) is 6.92 Å². The Labute approximate surface area is 109 Å². The first-order valence-electron chi connectivity index (χ1n) is 5.51. The van der Waals surface area contributed by atoms with Crippen LogP contribution in [0.25, 0.3) is 0 Å². The number of carbonyl (C=O) groups excluding carboxylic acids is 2. The van der Waals surface area contributed by atoms with Crippen molar-refractivity contribution in [3.8, 4) is 0 Å². The molecule has 0 aliphatic heterocycles. The van der Waals surface area contributed by atoms with Crippen molar-refractivity contribution in [2.75, 3.05) is 7.11 Å². The van der Waals surface area contributed by atoms with Gasteiger partial charge in [-0.15, -0.1) is 0 Å². The summed E-state index contributed by atoms with van der Waals surface area (Å²) < 4.78 is 9.11. The van der Waals surface area contributed by atoms with Gasteiger partial charge in [0.1, 0.15) is 0 Å². The third-order valence-electron chi connectivity index (χ3n) is 2.39. The number of carbonyl (C=O) groups is 3. The third kappa shape index (κ3) is 4.42. The standard InChI is InChI=1S/C13H14O6/c1-8-3-5-9(6-4-8)13(17)19-10(12(15)16)7-11(14)18-2/h3-6,10H,7H2,1-2H3,(H,15,16). The van der Waals surface area contributed by atoms with Gasteiger partial charge in [-0.3, -0.25) is 4.79 Å². The van der Waals surface area contributed by atoms with Crippen LogP contribution in [0.1, 0.15) is 22.3 Å². The molecule has 0 fully saturated rings. The Morgan fingerprint density at radius 2 is 1.79 bits per heavy atom. The smallest absolute Gasteiger partial charge is 0.345 e. The molecule has 0 saturated heterocycles. The maximum Gasteiger partial charge on any atom is 0.345 e. The molecule has 6 nitrogen and oxygen atoms in total. The lowest BCUT2D eigenvalue weighted by atomic mass is 10.1. The van der Waals surface area contributed by atoms with E-state index >= 15 is 0 Å². The van der Waals surface area contributed by atoms with Crippen molar-refractivity contribution < 1.29 is 29.0 Å². The van der Waals surface area contributed by atoms with Gasteiger partial charge in [0, 0.05) is 0 Å². The van der Waals surface area contributed by atoms with Crippen LogP contribution in [0.15, 0.2) is 24.3 Å². The van der Waals surface area contributed by atoms with Crippen molar-refractivity contribution in [3.63, 3.8) is 0 Å². The largest absolute Gasteiger partial charge is 0.478 e. The molecule has 102 valence electrons. The predicted molar refractivity (Wildman–Crippen MR) is 64.7 cm³/mol. The van der Waals surface area contributed by atoms with Gasteiger partial charge in [-0.1, -0.05) is 17.7 Å². The van der Waals surface area contributed by atoms with Crippen LogP contribution in [0.2, 0.25) is 0 Å². The first kappa shape index (κ1) is 14.7. The quantitative estimate of drug-likeness (QED) is 0.804. The fourth-order valence-electron chi connectivity index (χ4n) is 1.30. The summed E-state index contributed by atoms with van der Waals surface area (Å²) in [4.78, 5) is 33.6. The summed E-state index contributed by atoms with van der Waals surface area (Å²) in [6.07, 6.45) is -2.08. The van der Waals surface area contributed by atoms with E-state index < -0.39 is 30.4 Å². The SMILES string of the molecule is COC(=O)CC(OC(=O)c1ccc(C)cc1)C(=O)O. The monoisotopic (exact) mass is 266 g/mol. The summed E-state index contributed by atoms with van der Waals surface area (Å²) in [5.41, 5.74) is 1.18. The number of aryl methyl sites for hydroxylation is 1. The molecule has 0 bridgehead atoms. The molecule has 1 aromatic carbocycles. The number of esters is 2. The van der Waals surface area contributed by atoms with Crippen LogP contribution in [0, 0.1) is 6.92 Å². The molecule has 0 amide bonds. The van der Waals surface area contributed by atoms with Crippen LogP contribution in [0.3, 0.4) is 0 Å². The minimum atomic E-state index is -1.55. The molecule has 19 heavy (non-hydrogen) atoms. The first-order chi connectivity index (χ1) is 8.93. The van der Waals surface area contributed by atoms with Gasteiger partial charge in [-0.05, 0) is 19.1 Å². The Kier molecular flexibility index (Phi) is 5.05. The van der Waals surface area contributed by atoms with Gasteiger partial charge in [0.25, 0.3) is 0 Å². The van der Waals surface area contributed by atoms with E-state index in [9.17, 15) is 14.4 Å². The van der Waals surface area contributed by atoms with E-state index in [1.54, 1.807) is 12.1 Å². The highest BCUT2D eigenvalue weighted by Gasteiger charge is 2.26. The highest BCUT2D eigenvalue weighted by molar-refractivity contribution is 5.92. The van der Waals surface area contributed by atoms with Crippen LogP contribution >= 0.6 is 0 Å². The third-order valence-corrected chi connectivity index (χ3v) is 2.39. The van der Waals surface area contributed by atoms with Gasteiger partial charge < -0.3 is 14.6 Å². The highest BCUT2D eigenvalue weighted by Crippen LogP contribution is 2.09. The van der Waals surface area contributed by atoms with E-state index in [0.717, 1.165) is 12.7 Å². The predicted octanol–water partition coefficient (Wildman–Crippen LogP) is 1.17. The van der Waals surface area contributed by atoms with Gasteiger partial charge in [0.05, 0.1) is 19.1 Å². The number of carboxylic acids is 1. The first-order valence-corrected chi connectivity index (χ1v) is 5.51. The summed E-state index contributed by atoms with van der Waals surface area (Å²) in [5, 5.41) is 8.87. The van der Waals surface area contributed by atoms with E-state index in [0.29, 0.717) is 0 Å². The molecule has 1 N–H and O–H groups in total. The van der Waals surface area contributed by atoms with Crippen LogP contribution in [-0.2, 0) is 19.1 Å². The summed E-state index contributed by atoms with van der Waals surface area (Å²) in [6, 6.07) is 6.45. The van der Waals surface area contributed by atoms with Crippen LogP contribution in [0.5, 0.6) is 0 Å². The lowest BCUT2D eigenvalue weighted by Gasteiger charge is -2.12. The zero-order chi connectivity index (χ0) is 14.4. The van der Waals surface area contributed by atoms with Crippen molar-refractivity contribution in [3.05, 3.63) is 35.4 Å². The van der Waals surface area contributed by atoms with Crippen LogP contribution < -0.4 is 0 Å². The Morgan fingerprint density at radius 1 is 1.21 bits per heavy atom. The number of aliphatic carboxylic acids is 1. The maximum atomic E-state index is 11.7. The molecule has 0 aliphatic carbocycles. The summed E-state index contributed by atoms with van der Waals surface area (Å²) in [5.74, 6) is -2.95. The number of hydrogen-bond acceptors (Lipinski definition) is 5. The Bertz CT molecular complexity index is 476. The van der Waals surface area contributed by atoms with E-state index in [-0.39, 0.29) is 5.56 Å². The second kappa shape index (κ2) is 6.53. The average molecular weight is 266 g/mol. The summed E-state index contributed by atoms with van der Waals surface area (Å²) in [7, 11) is 1.13. The Balaban J connectivity index is 2.73. The normalized spacial score (nSPS) is 11.5. The zero-order valence-corrected chi connectivity index (χ0v) is 10.6. The topological polar surface area (TPSA) is 89.9 Å². The highest BCUT2D eigenvalue weighted by atomic mass is 16.6. The van der Waals surface area contributed by atoms with Crippen molar-refractivity contribution >= 4 is 17.9 Å². The van der Waals surface area contributed by atoms with Gasteiger partial charge in [-0.2, -0.15) is 0 Å². The van der Waals surface area contributed by atoms with Gasteiger partial charge in [0.2, 0.25) is 6.10 Å². The lowest BCUT2D eigenvalue weighted by Crippen LogP contribution is -2.30. The molecule has 0 radical (unpaired) electrons. The molecule has 0 heterocycles. The summed E-state index contributed by atoms with van der Waals surface area (Å²) >= 11 is 0. The average Bonchev–Trinajstić information content (AvgIpc) is 2.38. The van der Waals surface area contributed by atoms with Crippen molar-refractivity contribution in [1.29, 1.82) is 0 Å². The molecule has 0 aromatic heterocycles. The number of hydrogen-bond donors (Lipinski definition) is 1. The van der Waals surface area contributed by atoms with E-state index in [4.69, 9.17) is 9.84 Å². The minimum absolute atomic E-state index is 0.224. The second-order valence-corrected chi connectivity index (χ2v) is 3.88. The van der Waals surface area contributed by atoms with E-state index in [1.165, 1.54) is 12.1 Å². The molecule has 0 saturated carbocycles. The molecule has 0 spiro atoms. The Hall–Kier alpha value is -2.37. The Morgan fingerprint density at radius 3 is 2.26 bits per heavy atom. The lowest BCUT2D eigenvalue weighted by molar-refractivity contribution is -0.154. The molecule has 1 rings (SSSR count). The molecule has 1 atom stereocenters. The molecular formula is C13H14O6. The van der Waals surface area contributed by atoms with E-state index in [2.05, 4.69) is 4.74 Å². The molecule has 1 unspecified atom stereocenters. The van der Waals surface area contributed by atoms with Crippen molar-refractivity contribution in [2.24, 2.45) is 0 Å². The number of methoxy groups -OCH3 is 1. The molecule has 1 aromatic rings. The minimum Gasteiger partial charge on any atom is -0.478 e. The number of benzene rings is 1. The van der Waals surface area contributed by atoms with Crippen molar-refractivity contribution in [2.45, 2.75) is 19.4 Å². The maximum absolute atomic E-state index is 11.7.